The van der Waals surface area contributed by atoms with Gasteiger partial charge in [-0.05, 0) is 44.0 Å². The van der Waals surface area contributed by atoms with E-state index in [4.69, 9.17) is 4.74 Å². The SMILES string of the molecule is C[C@@H]1Oc2c(C(=O)Nc3cccc(S(=O)(=O)N4CCCCC4)c3)cccc2[C@@H]1C. The van der Waals surface area contributed by atoms with Crippen LogP contribution in [0.4, 0.5) is 5.69 Å². The van der Waals surface area contributed by atoms with Crippen LogP contribution in [0.3, 0.4) is 0 Å². The maximum atomic E-state index is 12.9. The standard InChI is InChI=1S/C22H26N2O4S/c1-15-16(2)28-21-19(15)10-7-11-20(21)22(25)23-17-8-6-9-18(14-17)29(26,27)24-12-4-3-5-13-24/h6-11,14-16H,3-5,12-13H2,1-2H3,(H,23,25)/t15-,16+/m1/s1. The average Bonchev–Trinajstić information content (AvgIpc) is 3.03. The van der Waals surface area contributed by atoms with E-state index in [1.165, 1.54) is 10.4 Å². The molecule has 2 heterocycles. The number of rotatable bonds is 4. The van der Waals surface area contributed by atoms with Crippen molar-refractivity contribution in [2.24, 2.45) is 0 Å². The highest BCUT2D eigenvalue weighted by atomic mass is 32.2. The number of amides is 1. The van der Waals surface area contributed by atoms with Gasteiger partial charge in [-0.3, -0.25) is 4.79 Å². The topological polar surface area (TPSA) is 75.7 Å². The lowest BCUT2D eigenvalue weighted by Gasteiger charge is -2.26. The van der Waals surface area contributed by atoms with Crippen molar-refractivity contribution in [1.82, 2.24) is 4.31 Å². The number of hydrogen-bond acceptors (Lipinski definition) is 4. The number of fused-ring (bicyclic) bond motifs is 1. The van der Waals surface area contributed by atoms with Gasteiger partial charge in [0.2, 0.25) is 10.0 Å². The molecule has 2 atom stereocenters. The number of sulfonamides is 1. The van der Waals surface area contributed by atoms with Crippen LogP contribution < -0.4 is 10.1 Å². The van der Waals surface area contributed by atoms with Crippen molar-refractivity contribution in [1.29, 1.82) is 0 Å². The molecule has 0 bridgehead atoms. The van der Waals surface area contributed by atoms with Crippen LogP contribution in [0.2, 0.25) is 0 Å². The van der Waals surface area contributed by atoms with E-state index >= 15 is 0 Å². The molecular weight excluding hydrogens is 388 g/mol. The van der Waals surface area contributed by atoms with Gasteiger partial charge in [0.05, 0.1) is 10.5 Å². The molecular formula is C22H26N2O4S. The molecule has 29 heavy (non-hydrogen) atoms. The number of nitrogens with zero attached hydrogens (tertiary/aromatic N) is 1. The number of ether oxygens (including phenoxy) is 1. The van der Waals surface area contributed by atoms with E-state index in [0.29, 0.717) is 30.1 Å². The van der Waals surface area contributed by atoms with Gasteiger partial charge in [0.25, 0.3) is 5.91 Å². The van der Waals surface area contributed by atoms with Gasteiger partial charge in [-0.15, -0.1) is 0 Å². The fourth-order valence-electron chi connectivity index (χ4n) is 3.95. The smallest absolute Gasteiger partial charge is 0.259 e. The third-order valence-electron chi connectivity index (χ3n) is 5.83. The summed E-state index contributed by atoms with van der Waals surface area (Å²) in [6.07, 6.45) is 2.83. The Morgan fingerprint density at radius 1 is 1.07 bits per heavy atom. The molecule has 1 amide bonds. The highest BCUT2D eigenvalue weighted by molar-refractivity contribution is 7.89. The average molecular weight is 415 g/mol. The monoisotopic (exact) mass is 414 g/mol. The molecule has 0 spiro atoms. The molecule has 7 heteroatoms. The summed E-state index contributed by atoms with van der Waals surface area (Å²) in [6, 6.07) is 12.0. The highest BCUT2D eigenvalue weighted by Crippen LogP contribution is 2.40. The normalized spacial score (nSPS) is 22.0. The second-order valence-electron chi connectivity index (χ2n) is 7.78. The van der Waals surface area contributed by atoms with Crippen LogP contribution in [0.25, 0.3) is 0 Å². The van der Waals surface area contributed by atoms with Crippen LogP contribution in [0.5, 0.6) is 5.75 Å². The van der Waals surface area contributed by atoms with E-state index in [0.717, 1.165) is 24.8 Å². The van der Waals surface area contributed by atoms with E-state index < -0.39 is 10.0 Å². The Bertz CT molecular complexity index is 1030. The van der Waals surface area contributed by atoms with Crippen LogP contribution in [-0.4, -0.2) is 37.8 Å². The molecule has 2 aromatic rings. The molecule has 154 valence electrons. The molecule has 0 unspecified atom stereocenters. The second-order valence-corrected chi connectivity index (χ2v) is 9.72. The molecule has 4 rings (SSSR count). The lowest BCUT2D eigenvalue weighted by Crippen LogP contribution is -2.35. The van der Waals surface area contributed by atoms with Crippen molar-refractivity contribution in [2.45, 2.75) is 50.0 Å². The van der Waals surface area contributed by atoms with Crippen LogP contribution in [-0.2, 0) is 10.0 Å². The van der Waals surface area contributed by atoms with Gasteiger partial charge in [0, 0.05) is 30.3 Å². The Morgan fingerprint density at radius 2 is 1.79 bits per heavy atom. The maximum absolute atomic E-state index is 12.9. The molecule has 1 saturated heterocycles. The van der Waals surface area contributed by atoms with Crippen molar-refractivity contribution in [3.05, 3.63) is 53.6 Å². The molecule has 0 radical (unpaired) electrons. The zero-order valence-electron chi connectivity index (χ0n) is 16.7. The number of piperidine rings is 1. The predicted octanol–water partition coefficient (Wildman–Crippen LogP) is 4.00. The zero-order valence-corrected chi connectivity index (χ0v) is 17.5. The number of carbonyl (C=O) groups is 1. The molecule has 0 aliphatic carbocycles. The van der Waals surface area contributed by atoms with Crippen LogP contribution in [0, 0.1) is 0 Å². The van der Waals surface area contributed by atoms with E-state index in [2.05, 4.69) is 12.2 Å². The van der Waals surface area contributed by atoms with E-state index in [9.17, 15) is 13.2 Å². The number of carbonyl (C=O) groups excluding carboxylic acids is 1. The third-order valence-corrected chi connectivity index (χ3v) is 7.73. The Morgan fingerprint density at radius 3 is 2.55 bits per heavy atom. The summed E-state index contributed by atoms with van der Waals surface area (Å²) >= 11 is 0. The Hall–Kier alpha value is -2.38. The van der Waals surface area contributed by atoms with E-state index in [-0.39, 0.29) is 22.8 Å². The van der Waals surface area contributed by atoms with Gasteiger partial charge in [-0.1, -0.05) is 31.5 Å². The molecule has 0 saturated carbocycles. The summed E-state index contributed by atoms with van der Waals surface area (Å²) in [5.74, 6) is 0.522. The van der Waals surface area contributed by atoms with Gasteiger partial charge < -0.3 is 10.1 Å². The third kappa shape index (κ3) is 3.76. The van der Waals surface area contributed by atoms with Crippen molar-refractivity contribution in [3.63, 3.8) is 0 Å². The van der Waals surface area contributed by atoms with E-state index in [1.807, 2.05) is 19.1 Å². The minimum absolute atomic E-state index is 0.0111. The number of hydrogen-bond donors (Lipinski definition) is 1. The Kier molecular flexibility index (Phi) is 5.36. The van der Waals surface area contributed by atoms with Crippen molar-refractivity contribution >= 4 is 21.6 Å². The fourth-order valence-corrected chi connectivity index (χ4v) is 5.52. The number of nitrogens with one attached hydrogen (secondary N) is 1. The van der Waals surface area contributed by atoms with Crippen molar-refractivity contribution in [3.8, 4) is 5.75 Å². The first-order valence-corrected chi connectivity index (χ1v) is 11.5. The first-order chi connectivity index (χ1) is 13.9. The van der Waals surface area contributed by atoms with Gasteiger partial charge >= 0.3 is 0 Å². The maximum Gasteiger partial charge on any atom is 0.259 e. The number of benzene rings is 2. The van der Waals surface area contributed by atoms with Crippen molar-refractivity contribution < 1.29 is 17.9 Å². The largest absolute Gasteiger partial charge is 0.489 e. The summed E-state index contributed by atoms with van der Waals surface area (Å²) in [5.41, 5.74) is 1.93. The lowest BCUT2D eigenvalue weighted by atomic mass is 9.97. The quantitative estimate of drug-likeness (QED) is 0.821. The predicted molar refractivity (Wildman–Crippen MR) is 112 cm³/mol. The molecule has 2 aromatic carbocycles. The van der Waals surface area contributed by atoms with Crippen LogP contribution in [0.1, 0.15) is 54.9 Å². The van der Waals surface area contributed by atoms with Gasteiger partial charge in [0.1, 0.15) is 11.9 Å². The summed E-state index contributed by atoms with van der Waals surface area (Å²) in [7, 11) is -3.55. The first kappa shape index (κ1) is 19.9. The summed E-state index contributed by atoms with van der Waals surface area (Å²) in [5, 5.41) is 2.83. The summed E-state index contributed by atoms with van der Waals surface area (Å²) < 4.78 is 33.3. The number of anilines is 1. The molecule has 2 aliphatic heterocycles. The first-order valence-electron chi connectivity index (χ1n) is 10.1. The molecule has 1 fully saturated rings. The molecule has 2 aliphatic rings. The Labute approximate surface area is 171 Å². The van der Waals surface area contributed by atoms with Gasteiger partial charge in [0.15, 0.2) is 0 Å². The summed E-state index contributed by atoms with van der Waals surface area (Å²) in [4.78, 5) is 13.1. The molecule has 1 N–H and O–H groups in total. The lowest BCUT2D eigenvalue weighted by molar-refractivity contribution is 0.102. The van der Waals surface area contributed by atoms with Crippen LogP contribution in [0.15, 0.2) is 47.4 Å². The zero-order chi connectivity index (χ0) is 20.6. The summed E-state index contributed by atoms with van der Waals surface area (Å²) in [6.45, 7) is 5.15. The Balaban J connectivity index is 1.57. The fraction of sp³-hybridized carbons (Fsp3) is 0.409. The second kappa shape index (κ2) is 7.80. The van der Waals surface area contributed by atoms with E-state index in [1.54, 1.807) is 24.3 Å². The highest BCUT2D eigenvalue weighted by Gasteiger charge is 2.31. The van der Waals surface area contributed by atoms with Gasteiger partial charge in [-0.25, -0.2) is 8.42 Å². The molecule has 6 nitrogen and oxygen atoms in total. The minimum atomic E-state index is -3.55. The minimum Gasteiger partial charge on any atom is -0.489 e. The van der Waals surface area contributed by atoms with Gasteiger partial charge in [-0.2, -0.15) is 4.31 Å². The number of para-hydroxylation sites is 1. The van der Waals surface area contributed by atoms with Crippen molar-refractivity contribution in [2.75, 3.05) is 18.4 Å². The van der Waals surface area contributed by atoms with Crippen LogP contribution >= 0.6 is 0 Å². The molecule has 0 aromatic heterocycles.